The monoisotopic (exact) mass is 441 g/mol. The van der Waals surface area contributed by atoms with Gasteiger partial charge in [0.05, 0.1) is 12.2 Å². The van der Waals surface area contributed by atoms with Gasteiger partial charge in [0.2, 0.25) is 15.9 Å². The highest BCUT2D eigenvalue weighted by Gasteiger charge is 2.21. The number of pyridine rings is 1. The van der Waals surface area contributed by atoms with Crippen LogP contribution < -0.4 is 10.0 Å². The fourth-order valence-electron chi connectivity index (χ4n) is 2.99. The zero-order valence-corrected chi connectivity index (χ0v) is 17.8. The minimum absolute atomic E-state index is 0.0226. The van der Waals surface area contributed by atoms with Gasteiger partial charge in [-0.15, -0.1) is 10.2 Å². The van der Waals surface area contributed by atoms with E-state index in [9.17, 15) is 13.2 Å². The van der Waals surface area contributed by atoms with Crippen molar-refractivity contribution in [3.05, 3.63) is 53.7 Å². The van der Waals surface area contributed by atoms with Crippen molar-refractivity contribution in [3.8, 4) is 11.5 Å². The lowest BCUT2D eigenvalue weighted by molar-refractivity contribution is -0.114. The largest absolute Gasteiger partial charge is 0.334 e. The number of nitrogens with zero attached hydrogens (tertiary/aromatic N) is 5. The summed E-state index contributed by atoms with van der Waals surface area (Å²) in [6.45, 7) is 4.70. The smallest absolute Gasteiger partial charge is 0.258 e. The Labute approximate surface area is 177 Å². The molecule has 0 aliphatic rings. The maximum atomic E-state index is 12.9. The number of hydrogen-bond acceptors (Lipinski definition) is 8. The number of carbonyl (C=O) groups is 1. The molecule has 2 N–H and O–H groups in total. The van der Waals surface area contributed by atoms with E-state index in [2.05, 4.69) is 30.4 Å². The number of fused-ring (bicyclic) bond motifs is 1. The van der Waals surface area contributed by atoms with Crippen LogP contribution >= 0.6 is 0 Å². The zero-order valence-electron chi connectivity index (χ0n) is 16.9. The molecule has 0 aliphatic heterocycles. The number of hydrogen-bond donors (Lipinski definition) is 2. The van der Waals surface area contributed by atoms with Gasteiger partial charge in [0.25, 0.3) is 5.89 Å². The number of benzene rings is 1. The van der Waals surface area contributed by atoms with E-state index in [-0.39, 0.29) is 23.0 Å². The maximum Gasteiger partial charge on any atom is 0.258 e. The molecule has 4 aromatic rings. The predicted octanol–water partition coefficient (Wildman–Crippen LogP) is 1.83. The molecule has 12 heteroatoms. The van der Waals surface area contributed by atoms with Gasteiger partial charge in [-0.05, 0) is 43.7 Å². The quantitative estimate of drug-likeness (QED) is 0.461. The fourth-order valence-corrected chi connectivity index (χ4v) is 4.21. The number of rotatable bonds is 6. The van der Waals surface area contributed by atoms with Crippen molar-refractivity contribution < 1.29 is 17.7 Å². The van der Waals surface area contributed by atoms with Crippen LogP contribution in [0.15, 0.2) is 45.9 Å². The first-order chi connectivity index (χ1) is 14.7. The molecule has 0 saturated carbocycles. The molecule has 1 aromatic carbocycles. The van der Waals surface area contributed by atoms with Crippen LogP contribution in [-0.4, -0.2) is 39.1 Å². The van der Waals surface area contributed by atoms with Crippen LogP contribution in [0.2, 0.25) is 0 Å². The van der Waals surface area contributed by atoms with E-state index in [0.717, 1.165) is 5.56 Å². The molecule has 0 fully saturated rings. The third kappa shape index (κ3) is 4.29. The summed E-state index contributed by atoms with van der Waals surface area (Å²) in [5.41, 5.74) is 2.12. The molecule has 1 amide bonds. The topological polar surface area (TPSA) is 144 Å². The number of aromatic nitrogens is 5. The maximum absolute atomic E-state index is 12.9. The lowest BCUT2D eigenvalue weighted by Crippen LogP contribution is -2.26. The molecule has 0 unspecified atom stereocenters. The lowest BCUT2D eigenvalue weighted by atomic mass is 10.2. The summed E-state index contributed by atoms with van der Waals surface area (Å²) in [6, 6.07) is 8.23. The fraction of sp³-hybridized carbons (Fsp3) is 0.211. The first-order valence-corrected chi connectivity index (χ1v) is 10.7. The van der Waals surface area contributed by atoms with Crippen LogP contribution in [0.4, 0.5) is 5.69 Å². The van der Waals surface area contributed by atoms with Gasteiger partial charge in [-0.2, -0.15) is 4.98 Å². The predicted molar refractivity (Wildman–Crippen MR) is 111 cm³/mol. The number of nitrogens with one attached hydrogen (secondary N) is 2. The van der Waals surface area contributed by atoms with Gasteiger partial charge >= 0.3 is 0 Å². The summed E-state index contributed by atoms with van der Waals surface area (Å²) < 4.78 is 35.1. The standard InChI is InChI=1S/C19H19N7O4S/c1-11-4-5-15(22-13(3)27)16(8-11)31(28,29)20-10-18-24-23-17-9-14(6-7-26(17)18)19-21-12(2)25-30-19/h4-9,20H,10H2,1-3H3,(H,22,27). The summed E-state index contributed by atoms with van der Waals surface area (Å²) in [5, 5.41) is 14.5. The van der Waals surface area contributed by atoms with E-state index < -0.39 is 10.0 Å². The molecule has 0 atom stereocenters. The Morgan fingerprint density at radius 2 is 1.97 bits per heavy atom. The number of carbonyl (C=O) groups excluding carboxylic acids is 1. The van der Waals surface area contributed by atoms with Crippen LogP contribution in [0.5, 0.6) is 0 Å². The summed E-state index contributed by atoms with van der Waals surface area (Å²) in [4.78, 5) is 15.6. The summed E-state index contributed by atoms with van der Waals surface area (Å²) in [6.07, 6.45) is 1.70. The molecular weight excluding hydrogens is 422 g/mol. The van der Waals surface area contributed by atoms with Crippen LogP contribution in [-0.2, 0) is 21.4 Å². The Morgan fingerprint density at radius 1 is 1.16 bits per heavy atom. The molecule has 3 heterocycles. The molecular formula is C19H19N7O4S. The number of sulfonamides is 1. The van der Waals surface area contributed by atoms with E-state index in [0.29, 0.717) is 28.8 Å². The SMILES string of the molecule is CC(=O)Nc1ccc(C)cc1S(=O)(=O)NCc1nnc2cc(-c3nc(C)no3)ccn12. The van der Waals surface area contributed by atoms with E-state index in [1.165, 1.54) is 13.0 Å². The van der Waals surface area contributed by atoms with Gasteiger partial charge in [-0.3, -0.25) is 9.20 Å². The van der Waals surface area contributed by atoms with Crippen LogP contribution in [0.25, 0.3) is 17.1 Å². The molecule has 4 rings (SSSR count). The first-order valence-electron chi connectivity index (χ1n) is 9.25. The van der Waals surface area contributed by atoms with Gasteiger partial charge in [0.15, 0.2) is 17.3 Å². The Kier molecular flexibility index (Phi) is 5.25. The van der Waals surface area contributed by atoms with E-state index in [1.54, 1.807) is 48.7 Å². The molecule has 160 valence electrons. The molecule has 3 aromatic heterocycles. The molecule has 11 nitrogen and oxygen atoms in total. The number of anilines is 1. The second-order valence-corrected chi connectivity index (χ2v) is 8.65. The van der Waals surface area contributed by atoms with E-state index in [4.69, 9.17) is 4.52 Å². The third-order valence-corrected chi connectivity index (χ3v) is 5.85. The Balaban J connectivity index is 1.59. The summed E-state index contributed by atoms with van der Waals surface area (Å²) in [7, 11) is -3.93. The Hall–Kier alpha value is -3.64. The first kappa shape index (κ1) is 20.6. The second-order valence-electron chi connectivity index (χ2n) is 6.91. The number of aryl methyl sites for hydroxylation is 2. The average Bonchev–Trinajstić information content (AvgIpc) is 3.33. The van der Waals surface area contributed by atoms with Gasteiger partial charge in [-0.25, -0.2) is 13.1 Å². The molecule has 0 radical (unpaired) electrons. The van der Waals surface area contributed by atoms with Crippen molar-refractivity contribution in [2.75, 3.05) is 5.32 Å². The summed E-state index contributed by atoms with van der Waals surface area (Å²) in [5.74, 6) is 0.896. The number of amides is 1. The minimum atomic E-state index is -3.93. The van der Waals surface area contributed by atoms with E-state index >= 15 is 0 Å². The molecule has 0 spiro atoms. The molecule has 0 aliphatic carbocycles. The molecule has 31 heavy (non-hydrogen) atoms. The Bertz CT molecular complexity index is 1390. The van der Waals surface area contributed by atoms with Gasteiger partial charge < -0.3 is 9.84 Å². The van der Waals surface area contributed by atoms with Crippen LogP contribution in [0, 0.1) is 13.8 Å². The minimum Gasteiger partial charge on any atom is -0.334 e. The van der Waals surface area contributed by atoms with Crippen LogP contribution in [0.1, 0.15) is 24.1 Å². The highest BCUT2D eigenvalue weighted by Crippen LogP contribution is 2.23. The zero-order chi connectivity index (χ0) is 22.2. The van der Waals surface area contributed by atoms with Crippen molar-refractivity contribution >= 4 is 27.3 Å². The van der Waals surface area contributed by atoms with Crippen molar-refractivity contribution in [3.63, 3.8) is 0 Å². The van der Waals surface area contributed by atoms with Crippen molar-refractivity contribution in [2.45, 2.75) is 32.2 Å². The third-order valence-electron chi connectivity index (χ3n) is 4.41. The van der Waals surface area contributed by atoms with Crippen LogP contribution in [0.3, 0.4) is 0 Å². The van der Waals surface area contributed by atoms with Crippen molar-refractivity contribution in [1.82, 2.24) is 29.5 Å². The highest BCUT2D eigenvalue weighted by molar-refractivity contribution is 7.89. The van der Waals surface area contributed by atoms with Crippen molar-refractivity contribution in [1.29, 1.82) is 0 Å². The van der Waals surface area contributed by atoms with Crippen molar-refractivity contribution in [2.24, 2.45) is 0 Å². The van der Waals surface area contributed by atoms with Gasteiger partial charge in [0, 0.05) is 18.7 Å². The van der Waals surface area contributed by atoms with Gasteiger partial charge in [-0.1, -0.05) is 11.2 Å². The highest BCUT2D eigenvalue weighted by atomic mass is 32.2. The van der Waals surface area contributed by atoms with E-state index in [1.807, 2.05) is 0 Å². The lowest BCUT2D eigenvalue weighted by Gasteiger charge is -2.12. The Morgan fingerprint density at radius 3 is 2.68 bits per heavy atom. The average molecular weight is 441 g/mol. The molecule has 0 bridgehead atoms. The normalized spacial score (nSPS) is 11.7. The van der Waals surface area contributed by atoms with Gasteiger partial charge in [0.1, 0.15) is 4.90 Å². The summed E-state index contributed by atoms with van der Waals surface area (Å²) >= 11 is 0. The molecule has 0 saturated heterocycles. The second kappa shape index (κ2) is 7.89.